The van der Waals surface area contributed by atoms with E-state index in [-0.39, 0.29) is 16.7 Å². The van der Waals surface area contributed by atoms with Gasteiger partial charge in [-0.15, -0.1) is 23.4 Å². The molecule has 2 aromatic rings. The Bertz CT molecular complexity index is 1060. The largest absolute Gasteiger partial charge is 0.573 e. The van der Waals surface area contributed by atoms with Gasteiger partial charge in [0.1, 0.15) is 17.4 Å². The third kappa shape index (κ3) is 8.19. The number of benzene rings is 1. The zero-order valence-corrected chi connectivity index (χ0v) is 20.0. The molecule has 0 aliphatic carbocycles. The summed E-state index contributed by atoms with van der Waals surface area (Å²) < 4.78 is 54.9. The number of piperidine rings is 1. The maximum Gasteiger partial charge on any atom is 0.573 e. The van der Waals surface area contributed by atoms with Crippen molar-refractivity contribution in [3.63, 3.8) is 0 Å². The number of carbonyl (C=O) groups is 1. The maximum absolute atomic E-state index is 14.0. The van der Waals surface area contributed by atoms with Crippen molar-refractivity contribution in [1.29, 1.82) is 0 Å². The molecule has 8 nitrogen and oxygen atoms in total. The Morgan fingerprint density at radius 2 is 2.00 bits per heavy atom. The Hall–Kier alpha value is -3.22. The highest BCUT2D eigenvalue weighted by molar-refractivity contribution is 7.19. The fourth-order valence-corrected chi connectivity index (χ4v) is 4.26. The smallest absolute Gasteiger partial charge is 0.406 e. The molecule has 1 aliphatic rings. The number of allylic oxidation sites excluding steroid dienone is 1. The summed E-state index contributed by atoms with van der Waals surface area (Å²) >= 11 is 1.12. The number of likely N-dealkylation sites (tertiary alicyclic amines) is 1. The van der Waals surface area contributed by atoms with Gasteiger partial charge in [-0.3, -0.25) is 9.79 Å². The predicted molar refractivity (Wildman–Crippen MR) is 126 cm³/mol. The van der Waals surface area contributed by atoms with Crippen LogP contribution in [0.4, 0.5) is 27.8 Å². The van der Waals surface area contributed by atoms with Crippen LogP contribution >= 0.6 is 11.3 Å². The number of nitrogens with one attached hydrogen (secondary N) is 2. The van der Waals surface area contributed by atoms with Crippen molar-refractivity contribution in [1.82, 2.24) is 15.1 Å². The van der Waals surface area contributed by atoms with Crippen LogP contribution in [0, 0.1) is 5.82 Å². The Balaban J connectivity index is 1.51. The molecular weight excluding hydrogens is 488 g/mol. The van der Waals surface area contributed by atoms with Crippen LogP contribution in [0.5, 0.6) is 5.75 Å². The van der Waals surface area contributed by atoms with Crippen molar-refractivity contribution in [3.05, 3.63) is 41.7 Å². The average Bonchev–Trinajstić information content (AvgIpc) is 3.23. The van der Waals surface area contributed by atoms with Crippen LogP contribution in [0.1, 0.15) is 31.7 Å². The number of aromatic nitrogens is 2. The number of hydrogen-bond acceptors (Lipinski definition) is 7. The van der Waals surface area contributed by atoms with Gasteiger partial charge in [-0.1, -0.05) is 24.3 Å². The van der Waals surface area contributed by atoms with Crippen molar-refractivity contribution in [2.75, 3.05) is 30.8 Å². The highest BCUT2D eigenvalue weighted by Gasteiger charge is 2.31. The summed E-state index contributed by atoms with van der Waals surface area (Å²) in [6.07, 6.45) is 1.38. The number of aliphatic imine (C=N–C) groups is 1. The summed E-state index contributed by atoms with van der Waals surface area (Å²) in [5, 5.41) is 14.5. The zero-order valence-electron chi connectivity index (χ0n) is 19.2. The van der Waals surface area contributed by atoms with E-state index >= 15 is 0 Å². The van der Waals surface area contributed by atoms with E-state index in [9.17, 15) is 22.4 Å². The second kappa shape index (κ2) is 12.0. The van der Waals surface area contributed by atoms with E-state index in [0.717, 1.165) is 67.7 Å². The molecule has 1 aromatic heterocycles. The fraction of sp³-hybridized carbons (Fsp3) is 0.455. The number of hydrogen-bond donors (Lipinski definition) is 2. The van der Waals surface area contributed by atoms with Crippen molar-refractivity contribution in [3.8, 4) is 5.75 Å². The number of anilines is 2. The third-order valence-electron chi connectivity index (χ3n) is 5.15. The molecule has 35 heavy (non-hydrogen) atoms. The minimum atomic E-state index is -4.91. The Morgan fingerprint density at radius 3 is 2.66 bits per heavy atom. The zero-order chi connectivity index (χ0) is 25.4. The van der Waals surface area contributed by atoms with E-state index in [4.69, 9.17) is 0 Å². The second-order valence-corrected chi connectivity index (χ2v) is 8.71. The standard InChI is InChI=1S/C22H26F4N6O2S/c1-3-4-5-18(27-2)32-10-8-15(9-11-32)28-20-30-31-21(35-20)29-19(33)13-14-12-16(6-7-17(14)23)34-22(24,25)26/h4-7,12,15H,3,8-11,13H2,1-2H3,(H,28,30)(H,29,31,33)/b5-4-,27-18?. The summed E-state index contributed by atoms with van der Waals surface area (Å²) in [7, 11) is 1.78. The van der Waals surface area contributed by atoms with Crippen LogP contribution in [0.3, 0.4) is 0 Å². The van der Waals surface area contributed by atoms with Crippen LogP contribution in [-0.4, -0.2) is 59.4 Å². The van der Waals surface area contributed by atoms with Gasteiger partial charge in [0, 0.05) is 31.7 Å². The molecule has 1 aliphatic heterocycles. The lowest BCUT2D eigenvalue weighted by Gasteiger charge is -2.33. The molecule has 0 radical (unpaired) electrons. The summed E-state index contributed by atoms with van der Waals surface area (Å²) in [5.41, 5.74) is -0.234. The van der Waals surface area contributed by atoms with E-state index < -0.39 is 30.3 Å². The number of halogens is 4. The molecule has 1 amide bonds. The molecule has 3 rings (SSSR count). The van der Waals surface area contributed by atoms with E-state index in [1.165, 1.54) is 0 Å². The Morgan fingerprint density at radius 1 is 1.29 bits per heavy atom. The quantitative estimate of drug-likeness (QED) is 0.303. The van der Waals surface area contributed by atoms with E-state index in [1.807, 2.05) is 6.08 Å². The molecule has 2 N–H and O–H groups in total. The highest BCUT2D eigenvalue weighted by atomic mass is 32.1. The summed E-state index contributed by atoms with van der Waals surface area (Å²) in [6, 6.07) is 2.68. The topological polar surface area (TPSA) is 91.7 Å². The SMILES string of the molecule is CC/C=C\C(=NC)N1CCC(Nc2nnc(NC(=O)Cc3cc(OC(F)(F)F)ccc3F)s2)CC1. The lowest BCUT2D eigenvalue weighted by atomic mass is 10.1. The van der Waals surface area contributed by atoms with Crippen LogP contribution in [0.15, 0.2) is 35.3 Å². The lowest BCUT2D eigenvalue weighted by Crippen LogP contribution is -2.41. The summed E-state index contributed by atoms with van der Waals surface area (Å²) in [5.74, 6) is -1.11. The van der Waals surface area contributed by atoms with Gasteiger partial charge in [0.05, 0.1) is 6.42 Å². The maximum atomic E-state index is 14.0. The van der Waals surface area contributed by atoms with Crippen LogP contribution in [0.2, 0.25) is 0 Å². The number of nitrogens with zero attached hydrogens (tertiary/aromatic N) is 4. The van der Waals surface area contributed by atoms with Crippen molar-refractivity contribution in [2.24, 2.45) is 4.99 Å². The van der Waals surface area contributed by atoms with E-state index in [1.54, 1.807) is 7.05 Å². The number of ether oxygens (including phenoxy) is 1. The number of alkyl halides is 3. The molecule has 1 fully saturated rings. The summed E-state index contributed by atoms with van der Waals surface area (Å²) in [6.45, 7) is 3.74. The minimum absolute atomic E-state index is 0.182. The Labute approximate surface area is 204 Å². The highest BCUT2D eigenvalue weighted by Crippen LogP contribution is 2.26. The molecule has 190 valence electrons. The first-order valence-electron chi connectivity index (χ1n) is 11.0. The van der Waals surface area contributed by atoms with Gasteiger partial charge in [-0.05, 0) is 43.5 Å². The predicted octanol–water partition coefficient (Wildman–Crippen LogP) is 4.63. The van der Waals surface area contributed by atoms with Gasteiger partial charge >= 0.3 is 6.36 Å². The van der Waals surface area contributed by atoms with E-state index in [2.05, 4.69) is 48.5 Å². The first kappa shape index (κ1) is 26.4. The number of amidine groups is 1. The van der Waals surface area contributed by atoms with Gasteiger partial charge in [0.25, 0.3) is 0 Å². The average molecular weight is 515 g/mol. The summed E-state index contributed by atoms with van der Waals surface area (Å²) in [4.78, 5) is 18.9. The molecule has 1 saturated heterocycles. The first-order chi connectivity index (χ1) is 16.7. The third-order valence-corrected chi connectivity index (χ3v) is 5.92. The van der Waals surface area contributed by atoms with Crippen molar-refractivity contribution in [2.45, 2.75) is 45.0 Å². The molecule has 0 bridgehead atoms. The van der Waals surface area contributed by atoms with Crippen LogP contribution in [-0.2, 0) is 11.2 Å². The van der Waals surface area contributed by atoms with Gasteiger partial charge < -0.3 is 20.3 Å². The molecule has 0 saturated carbocycles. The number of amides is 1. The minimum Gasteiger partial charge on any atom is -0.406 e. The number of rotatable bonds is 8. The molecular formula is C22H26F4N6O2S. The second-order valence-electron chi connectivity index (χ2n) is 7.74. The van der Waals surface area contributed by atoms with Crippen LogP contribution < -0.4 is 15.4 Å². The molecule has 0 atom stereocenters. The molecule has 2 heterocycles. The van der Waals surface area contributed by atoms with Crippen LogP contribution in [0.25, 0.3) is 0 Å². The molecule has 0 unspecified atom stereocenters. The molecule has 1 aromatic carbocycles. The first-order valence-corrected chi connectivity index (χ1v) is 11.8. The van der Waals surface area contributed by atoms with Gasteiger partial charge in [0.2, 0.25) is 16.2 Å². The normalized spacial score (nSPS) is 15.5. The van der Waals surface area contributed by atoms with Gasteiger partial charge in [0.15, 0.2) is 0 Å². The van der Waals surface area contributed by atoms with Crippen molar-refractivity contribution >= 4 is 33.3 Å². The van der Waals surface area contributed by atoms with Gasteiger partial charge in [-0.25, -0.2) is 4.39 Å². The number of carbonyl (C=O) groups excluding carboxylic acids is 1. The molecule has 13 heteroatoms. The van der Waals surface area contributed by atoms with Crippen molar-refractivity contribution < 1.29 is 27.1 Å². The monoisotopic (exact) mass is 514 g/mol. The van der Waals surface area contributed by atoms with Gasteiger partial charge in [-0.2, -0.15) is 0 Å². The fourth-order valence-electron chi connectivity index (χ4n) is 3.52. The molecule has 0 spiro atoms. The lowest BCUT2D eigenvalue weighted by molar-refractivity contribution is -0.274. The Kier molecular flexibility index (Phi) is 9.01. The van der Waals surface area contributed by atoms with E-state index in [0.29, 0.717) is 5.13 Å².